The number of allylic oxidation sites excluding steroid dienone is 1. The van der Waals surface area contributed by atoms with Gasteiger partial charge < -0.3 is 14.9 Å². The molecule has 0 heterocycles. The maximum Gasteiger partial charge on any atom is 0.309 e. The summed E-state index contributed by atoms with van der Waals surface area (Å²) >= 11 is 0. The van der Waals surface area contributed by atoms with Crippen LogP contribution in [0.5, 0.6) is 0 Å². The SMILES string of the molecule is C=C(C)[C@@H]1CC[C@]2(C(=O)O)CC[C@]3(C)[C@H](CC[C@@H]4[C@@]5(C)CC[C@H](OC(=O)[C@H]6C[C@@H](C(=O)O)C6(C)C)C(C)(C)[C@@H]5CC[C@]43C)[C@@H]12. The number of rotatable bonds is 5. The summed E-state index contributed by atoms with van der Waals surface area (Å²) in [6.45, 7) is 22.5. The first kappa shape index (κ1) is 32.1. The Hall–Kier alpha value is -1.85. The van der Waals surface area contributed by atoms with E-state index in [1.807, 2.05) is 13.8 Å². The topological polar surface area (TPSA) is 101 Å². The van der Waals surface area contributed by atoms with Crippen molar-refractivity contribution in [3.05, 3.63) is 12.2 Å². The maximum atomic E-state index is 13.5. The lowest BCUT2D eigenvalue weighted by atomic mass is 9.32. The summed E-state index contributed by atoms with van der Waals surface area (Å²) in [6, 6.07) is 0. The van der Waals surface area contributed by atoms with Crippen LogP contribution >= 0.6 is 0 Å². The van der Waals surface area contributed by atoms with Crippen LogP contribution in [0.3, 0.4) is 0 Å². The summed E-state index contributed by atoms with van der Waals surface area (Å²) in [5.74, 6) is -0.593. The van der Waals surface area contributed by atoms with E-state index in [0.717, 1.165) is 64.2 Å². The van der Waals surface area contributed by atoms with Crippen molar-refractivity contribution in [1.82, 2.24) is 0 Å². The molecule has 6 saturated carbocycles. The van der Waals surface area contributed by atoms with Gasteiger partial charge in [-0.15, -0.1) is 0 Å². The second kappa shape index (κ2) is 9.83. The molecule has 6 aliphatic carbocycles. The molecule has 0 aromatic heterocycles. The zero-order valence-electron chi connectivity index (χ0n) is 28.6. The minimum absolute atomic E-state index is 0.0928. The third-order valence-corrected chi connectivity index (χ3v) is 16.5. The largest absolute Gasteiger partial charge is 0.481 e. The maximum absolute atomic E-state index is 13.5. The van der Waals surface area contributed by atoms with Gasteiger partial charge in [0.1, 0.15) is 6.10 Å². The normalized spacial score (nSPS) is 50.1. The highest BCUT2D eigenvalue weighted by Crippen LogP contribution is 2.77. The van der Waals surface area contributed by atoms with Gasteiger partial charge in [-0.05, 0) is 129 Å². The van der Waals surface area contributed by atoms with Crippen LogP contribution in [0.4, 0.5) is 0 Å². The molecule has 0 aromatic rings. The number of esters is 1. The molecule has 44 heavy (non-hydrogen) atoms. The molecular weight excluding hydrogens is 552 g/mol. The fraction of sp³-hybridized carbons (Fsp3) is 0.868. The second-order valence-electron chi connectivity index (χ2n) is 18.4. The summed E-state index contributed by atoms with van der Waals surface area (Å²) < 4.78 is 6.35. The van der Waals surface area contributed by atoms with Crippen molar-refractivity contribution >= 4 is 17.9 Å². The molecule has 246 valence electrons. The first-order valence-corrected chi connectivity index (χ1v) is 17.6. The van der Waals surface area contributed by atoms with E-state index in [9.17, 15) is 24.6 Å². The molecule has 12 atom stereocenters. The van der Waals surface area contributed by atoms with E-state index in [2.05, 4.69) is 48.1 Å². The highest BCUT2D eigenvalue weighted by atomic mass is 16.5. The van der Waals surface area contributed by atoms with Gasteiger partial charge in [0.2, 0.25) is 0 Å². The highest BCUT2D eigenvalue weighted by molar-refractivity contribution is 5.81. The number of hydrogen-bond acceptors (Lipinski definition) is 4. The summed E-state index contributed by atoms with van der Waals surface area (Å²) in [7, 11) is 0. The Kier molecular flexibility index (Phi) is 7.17. The molecule has 0 bridgehead atoms. The molecule has 6 rings (SSSR count). The Bertz CT molecular complexity index is 1270. The molecule has 6 nitrogen and oxygen atoms in total. The van der Waals surface area contributed by atoms with Crippen LogP contribution in [0.2, 0.25) is 0 Å². The first-order valence-electron chi connectivity index (χ1n) is 17.6. The number of carboxylic acid groups (broad SMARTS) is 2. The van der Waals surface area contributed by atoms with E-state index in [4.69, 9.17) is 4.74 Å². The van der Waals surface area contributed by atoms with Crippen LogP contribution in [0.25, 0.3) is 0 Å². The van der Waals surface area contributed by atoms with Crippen LogP contribution in [-0.4, -0.2) is 34.2 Å². The average molecular weight is 611 g/mol. The van der Waals surface area contributed by atoms with Gasteiger partial charge in [-0.3, -0.25) is 14.4 Å². The van der Waals surface area contributed by atoms with E-state index in [1.165, 1.54) is 5.57 Å². The van der Waals surface area contributed by atoms with Crippen molar-refractivity contribution in [2.45, 2.75) is 132 Å². The average Bonchev–Trinajstić information content (AvgIpc) is 3.31. The Balaban J connectivity index is 1.25. The van der Waals surface area contributed by atoms with Crippen LogP contribution in [-0.2, 0) is 19.1 Å². The third-order valence-electron chi connectivity index (χ3n) is 16.5. The molecular formula is C38H58O6. The summed E-state index contributed by atoms with van der Waals surface area (Å²) in [5.41, 5.74) is 0.166. The van der Waals surface area contributed by atoms with Crippen molar-refractivity contribution in [2.75, 3.05) is 0 Å². The van der Waals surface area contributed by atoms with Crippen molar-refractivity contribution in [2.24, 2.45) is 73.9 Å². The van der Waals surface area contributed by atoms with Gasteiger partial charge in [0.05, 0.1) is 17.3 Å². The Morgan fingerprint density at radius 2 is 1.41 bits per heavy atom. The first-order chi connectivity index (χ1) is 20.3. The zero-order chi connectivity index (χ0) is 32.4. The van der Waals surface area contributed by atoms with Crippen LogP contribution in [0.15, 0.2) is 12.2 Å². The van der Waals surface area contributed by atoms with E-state index in [0.29, 0.717) is 30.1 Å². The molecule has 6 heteroatoms. The lowest BCUT2D eigenvalue weighted by molar-refractivity contribution is -0.252. The number of fused-ring (bicyclic) bond motifs is 7. The predicted octanol–water partition coefficient (Wildman–Crippen LogP) is 8.39. The van der Waals surface area contributed by atoms with Crippen LogP contribution in [0.1, 0.15) is 126 Å². The number of carbonyl (C=O) groups is 3. The molecule has 2 N–H and O–H groups in total. The lowest BCUT2D eigenvalue weighted by Gasteiger charge is -2.72. The van der Waals surface area contributed by atoms with Gasteiger partial charge in [0.25, 0.3) is 0 Å². The van der Waals surface area contributed by atoms with Gasteiger partial charge >= 0.3 is 17.9 Å². The molecule has 0 unspecified atom stereocenters. The van der Waals surface area contributed by atoms with Crippen LogP contribution < -0.4 is 0 Å². The van der Waals surface area contributed by atoms with Crippen molar-refractivity contribution in [3.8, 4) is 0 Å². The van der Waals surface area contributed by atoms with Crippen molar-refractivity contribution in [3.63, 3.8) is 0 Å². The number of ether oxygens (including phenoxy) is 1. The Morgan fingerprint density at radius 3 is 2.00 bits per heavy atom. The fourth-order valence-corrected chi connectivity index (χ4v) is 13.7. The van der Waals surface area contributed by atoms with Crippen molar-refractivity contribution < 1.29 is 29.3 Å². The monoisotopic (exact) mass is 610 g/mol. The number of aliphatic carboxylic acids is 2. The highest BCUT2D eigenvalue weighted by Gasteiger charge is 2.72. The number of carboxylic acids is 2. The molecule has 6 fully saturated rings. The summed E-state index contributed by atoms with van der Waals surface area (Å²) in [6.07, 6.45) is 10.1. The third kappa shape index (κ3) is 3.93. The molecule has 0 saturated heterocycles. The number of carbonyl (C=O) groups excluding carboxylic acids is 1. The Labute approximate surface area is 265 Å². The molecule has 0 radical (unpaired) electrons. The second-order valence-corrected chi connectivity index (χ2v) is 18.4. The zero-order valence-corrected chi connectivity index (χ0v) is 28.6. The standard InChI is InChI=1S/C38H58O6/c1-21(2)22-12-17-38(32(42)43)19-18-36(8)23(29(22)38)10-11-27-35(7)15-14-28(34(5,6)26(35)13-16-37(27,36)9)44-31(41)25-20-24(30(39)40)33(25,3)4/h22-29H,1,10-20H2,2-9H3,(H,39,40)(H,42,43)/t22-,23+,24-,25+,26-,27+,28-,29+,35-,36+,37+,38-/m0/s1. The van der Waals surface area contributed by atoms with Gasteiger partial charge in [-0.2, -0.15) is 0 Å². The van der Waals surface area contributed by atoms with Gasteiger partial charge in [0.15, 0.2) is 0 Å². The summed E-state index contributed by atoms with van der Waals surface area (Å²) in [4.78, 5) is 38.1. The molecule has 6 aliphatic rings. The fourth-order valence-electron chi connectivity index (χ4n) is 13.7. The van der Waals surface area contributed by atoms with E-state index in [-0.39, 0.29) is 45.6 Å². The summed E-state index contributed by atoms with van der Waals surface area (Å²) in [5, 5.41) is 20.2. The van der Waals surface area contributed by atoms with Crippen LogP contribution in [0, 0.1) is 73.9 Å². The van der Waals surface area contributed by atoms with E-state index >= 15 is 0 Å². The van der Waals surface area contributed by atoms with Gasteiger partial charge in [0, 0.05) is 5.41 Å². The molecule has 0 spiro atoms. The lowest BCUT2D eigenvalue weighted by Crippen LogP contribution is -2.67. The minimum Gasteiger partial charge on any atom is -0.481 e. The number of hydrogen-bond donors (Lipinski definition) is 2. The van der Waals surface area contributed by atoms with Gasteiger partial charge in [-0.1, -0.05) is 60.6 Å². The molecule has 0 aromatic carbocycles. The smallest absolute Gasteiger partial charge is 0.309 e. The molecule has 0 amide bonds. The predicted molar refractivity (Wildman–Crippen MR) is 169 cm³/mol. The van der Waals surface area contributed by atoms with Crippen molar-refractivity contribution in [1.29, 1.82) is 0 Å². The molecule has 0 aliphatic heterocycles. The van der Waals surface area contributed by atoms with E-state index < -0.39 is 28.7 Å². The quantitative estimate of drug-likeness (QED) is 0.240. The van der Waals surface area contributed by atoms with Gasteiger partial charge in [-0.25, -0.2) is 0 Å². The minimum atomic E-state index is -0.823. The van der Waals surface area contributed by atoms with E-state index in [1.54, 1.807) is 0 Å². The Morgan fingerprint density at radius 1 is 0.727 bits per heavy atom.